The third-order valence-electron chi connectivity index (χ3n) is 7.31. The van der Waals surface area contributed by atoms with Gasteiger partial charge in [0, 0.05) is 44.0 Å². The van der Waals surface area contributed by atoms with E-state index in [0.29, 0.717) is 18.8 Å². The van der Waals surface area contributed by atoms with Crippen molar-refractivity contribution in [1.29, 1.82) is 0 Å². The summed E-state index contributed by atoms with van der Waals surface area (Å²) >= 11 is 0. The van der Waals surface area contributed by atoms with Crippen LogP contribution in [-0.4, -0.2) is 50.0 Å². The van der Waals surface area contributed by atoms with Crippen molar-refractivity contribution in [2.24, 2.45) is 5.92 Å². The molecule has 3 aliphatic rings. The fourth-order valence-corrected chi connectivity index (χ4v) is 5.36. The first-order chi connectivity index (χ1) is 15.6. The quantitative estimate of drug-likeness (QED) is 0.630. The summed E-state index contributed by atoms with van der Waals surface area (Å²) in [7, 11) is 0. The summed E-state index contributed by atoms with van der Waals surface area (Å²) in [5.74, 6) is 2.96. The molecule has 1 amide bonds. The number of fused-ring (bicyclic) bond motifs is 2. The lowest BCUT2D eigenvalue weighted by molar-refractivity contribution is 0.0604. The van der Waals surface area contributed by atoms with Gasteiger partial charge in [-0.3, -0.25) is 4.79 Å². The minimum atomic E-state index is -0.152. The molecule has 0 aromatic carbocycles. The number of carbonyl (C=O) groups is 1. The average molecular weight is 433 g/mol. The number of rotatable bonds is 4. The summed E-state index contributed by atoms with van der Waals surface area (Å²) in [4.78, 5) is 31.5. The molecule has 3 aromatic heterocycles. The third kappa shape index (κ3) is 3.29. The smallest absolute Gasteiger partial charge is 0.289 e. The van der Waals surface area contributed by atoms with E-state index in [0.717, 1.165) is 50.2 Å². The minimum absolute atomic E-state index is 0.0364. The van der Waals surface area contributed by atoms with E-state index in [-0.39, 0.29) is 11.3 Å². The molecule has 0 unspecified atom stereocenters. The average Bonchev–Trinajstić information content (AvgIpc) is 3.36. The van der Waals surface area contributed by atoms with Crippen molar-refractivity contribution in [1.82, 2.24) is 24.4 Å². The Kier molecular flexibility index (Phi) is 4.55. The van der Waals surface area contributed by atoms with Gasteiger partial charge in [-0.1, -0.05) is 0 Å². The van der Waals surface area contributed by atoms with Crippen molar-refractivity contribution < 1.29 is 9.21 Å². The summed E-state index contributed by atoms with van der Waals surface area (Å²) < 4.78 is 7.84. The lowest BCUT2D eigenvalue weighted by Crippen LogP contribution is -2.54. The summed E-state index contributed by atoms with van der Waals surface area (Å²) in [6.45, 7) is 6.08. The van der Waals surface area contributed by atoms with E-state index in [1.807, 2.05) is 11.0 Å². The normalized spacial score (nSPS) is 19.9. The van der Waals surface area contributed by atoms with Crippen molar-refractivity contribution >= 4 is 11.9 Å². The Hall–Kier alpha value is -3.16. The second kappa shape index (κ2) is 7.46. The van der Waals surface area contributed by atoms with Gasteiger partial charge in [0.1, 0.15) is 5.82 Å². The summed E-state index contributed by atoms with van der Waals surface area (Å²) in [5, 5.41) is 0. The first kappa shape index (κ1) is 19.5. The van der Waals surface area contributed by atoms with Crippen molar-refractivity contribution in [2.75, 3.05) is 24.5 Å². The monoisotopic (exact) mass is 432 g/mol. The zero-order chi connectivity index (χ0) is 21.7. The topological polar surface area (TPSA) is 80.3 Å². The number of furan rings is 1. The predicted molar refractivity (Wildman–Crippen MR) is 118 cm³/mol. The third-order valence-corrected chi connectivity index (χ3v) is 7.31. The van der Waals surface area contributed by atoms with Crippen LogP contribution in [0.2, 0.25) is 0 Å². The number of hydrogen-bond acceptors (Lipinski definition) is 6. The standard InChI is InChI=1S/C24H28N6O2/c1-17-27-21-19(30(17)14-18-5-6-18)15-29(22(31)20-4-2-13-32-20)16-24(21)7-11-28(12-8-24)23-25-9-3-10-26-23/h2-4,9-10,13,18H,5-8,11-12,14-16H2,1H3. The first-order valence-corrected chi connectivity index (χ1v) is 11.5. The number of carbonyl (C=O) groups excluding carboxylic acids is 1. The number of piperidine rings is 1. The van der Waals surface area contributed by atoms with E-state index < -0.39 is 0 Å². The van der Waals surface area contributed by atoms with Crippen molar-refractivity contribution in [3.8, 4) is 0 Å². The zero-order valence-corrected chi connectivity index (χ0v) is 18.4. The largest absolute Gasteiger partial charge is 0.459 e. The van der Waals surface area contributed by atoms with Gasteiger partial charge in [-0.2, -0.15) is 0 Å². The van der Waals surface area contributed by atoms with Crippen LogP contribution in [0.3, 0.4) is 0 Å². The Labute approximate surface area is 187 Å². The molecule has 1 saturated carbocycles. The Bertz CT molecular complexity index is 1110. The lowest BCUT2D eigenvalue weighted by Gasteiger charge is -2.46. The molecule has 3 aromatic rings. The molecule has 166 valence electrons. The highest BCUT2D eigenvalue weighted by molar-refractivity contribution is 5.91. The van der Waals surface area contributed by atoms with Crippen LogP contribution < -0.4 is 4.90 Å². The van der Waals surface area contributed by atoms with Gasteiger partial charge in [0.25, 0.3) is 5.91 Å². The SMILES string of the molecule is Cc1nc2c(n1CC1CC1)CN(C(=O)c1ccco1)CC21CCN(c2ncccn2)CC1. The van der Waals surface area contributed by atoms with Crippen LogP contribution in [0, 0.1) is 12.8 Å². The summed E-state index contributed by atoms with van der Waals surface area (Å²) in [5.41, 5.74) is 2.26. The van der Waals surface area contributed by atoms with Crippen LogP contribution in [0.5, 0.6) is 0 Å². The van der Waals surface area contributed by atoms with Gasteiger partial charge in [0.05, 0.1) is 24.2 Å². The number of imidazole rings is 1. The molecule has 2 aliphatic heterocycles. The number of hydrogen-bond donors (Lipinski definition) is 0. The van der Waals surface area contributed by atoms with Gasteiger partial charge in [-0.15, -0.1) is 0 Å². The molecule has 8 heteroatoms. The molecule has 0 atom stereocenters. The highest BCUT2D eigenvalue weighted by atomic mass is 16.3. The van der Waals surface area contributed by atoms with Gasteiger partial charge >= 0.3 is 0 Å². The van der Waals surface area contributed by atoms with Crippen molar-refractivity contribution in [3.63, 3.8) is 0 Å². The molecular weight excluding hydrogens is 404 g/mol. The Morgan fingerprint density at radius 2 is 1.97 bits per heavy atom. The maximum absolute atomic E-state index is 13.3. The minimum Gasteiger partial charge on any atom is -0.459 e. The summed E-state index contributed by atoms with van der Waals surface area (Å²) in [6.07, 6.45) is 9.56. The fraction of sp³-hybridized carbons (Fsp3) is 0.500. The molecule has 0 N–H and O–H groups in total. The van der Waals surface area contributed by atoms with E-state index in [4.69, 9.17) is 9.40 Å². The van der Waals surface area contributed by atoms with Crippen LogP contribution in [0.25, 0.3) is 0 Å². The Morgan fingerprint density at radius 3 is 2.66 bits per heavy atom. The second-order valence-corrected chi connectivity index (χ2v) is 9.46. The first-order valence-electron chi connectivity index (χ1n) is 11.5. The van der Waals surface area contributed by atoms with E-state index >= 15 is 0 Å². The molecule has 6 rings (SSSR count). The molecule has 5 heterocycles. The predicted octanol–water partition coefficient (Wildman–Crippen LogP) is 3.18. The maximum Gasteiger partial charge on any atom is 0.289 e. The van der Waals surface area contributed by atoms with Crippen LogP contribution in [0.15, 0.2) is 41.3 Å². The van der Waals surface area contributed by atoms with Crippen LogP contribution in [0.4, 0.5) is 5.95 Å². The van der Waals surface area contributed by atoms with E-state index in [1.54, 1.807) is 30.8 Å². The number of aryl methyl sites for hydroxylation is 1. The molecule has 2 fully saturated rings. The van der Waals surface area contributed by atoms with Gasteiger partial charge in [-0.05, 0) is 56.7 Å². The molecule has 0 bridgehead atoms. The maximum atomic E-state index is 13.3. The molecule has 1 aliphatic carbocycles. The van der Waals surface area contributed by atoms with Gasteiger partial charge < -0.3 is 18.8 Å². The van der Waals surface area contributed by atoms with Crippen LogP contribution in [-0.2, 0) is 18.5 Å². The van der Waals surface area contributed by atoms with E-state index in [9.17, 15) is 4.79 Å². The Balaban J connectivity index is 1.35. The van der Waals surface area contributed by atoms with Crippen molar-refractivity contribution in [2.45, 2.75) is 51.1 Å². The zero-order valence-electron chi connectivity index (χ0n) is 18.4. The number of anilines is 1. The van der Waals surface area contributed by atoms with Crippen molar-refractivity contribution in [3.05, 3.63) is 59.8 Å². The molecule has 1 spiro atoms. The molecular formula is C24H28N6O2. The Morgan fingerprint density at radius 1 is 1.19 bits per heavy atom. The highest BCUT2D eigenvalue weighted by Crippen LogP contribution is 2.43. The molecule has 1 saturated heterocycles. The molecule has 32 heavy (non-hydrogen) atoms. The highest BCUT2D eigenvalue weighted by Gasteiger charge is 2.47. The lowest BCUT2D eigenvalue weighted by atomic mass is 9.72. The van der Waals surface area contributed by atoms with E-state index in [2.05, 4.69) is 26.4 Å². The number of aromatic nitrogens is 4. The van der Waals surface area contributed by atoms with Gasteiger partial charge in [0.15, 0.2) is 5.76 Å². The van der Waals surface area contributed by atoms with E-state index in [1.165, 1.54) is 24.2 Å². The molecule has 8 nitrogen and oxygen atoms in total. The summed E-state index contributed by atoms with van der Waals surface area (Å²) in [6, 6.07) is 5.38. The van der Waals surface area contributed by atoms with Gasteiger partial charge in [0.2, 0.25) is 5.95 Å². The number of amides is 1. The number of nitrogens with zero attached hydrogens (tertiary/aromatic N) is 6. The molecule has 0 radical (unpaired) electrons. The second-order valence-electron chi connectivity index (χ2n) is 9.46. The van der Waals surface area contributed by atoms with Crippen LogP contribution in [0.1, 0.15) is 53.5 Å². The fourth-order valence-electron chi connectivity index (χ4n) is 5.36. The van der Waals surface area contributed by atoms with Gasteiger partial charge in [-0.25, -0.2) is 15.0 Å². The van der Waals surface area contributed by atoms with Crippen LogP contribution >= 0.6 is 0 Å².